The molecule has 3 heterocycles. The van der Waals surface area contributed by atoms with Gasteiger partial charge in [0.25, 0.3) is 5.91 Å². The van der Waals surface area contributed by atoms with Crippen molar-refractivity contribution in [1.82, 2.24) is 20.2 Å². The Bertz CT molecular complexity index is 964. The van der Waals surface area contributed by atoms with Crippen LogP contribution >= 0.6 is 11.3 Å². The number of aliphatic hydroxyl groups excluding tert-OH is 1. The van der Waals surface area contributed by atoms with E-state index in [0.29, 0.717) is 35.3 Å². The number of pyridine rings is 1. The zero-order valence-corrected chi connectivity index (χ0v) is 17.0. The van der Waals surface area contributed by atoms with Crippen molar-refractivity contribution in [2.75, 3.05) is 18.0 Å². The van der Waals surface area contributed by atoms with E-state index in [-0.39, 0.29) is 5.91 Å². The molecule has 1 aromatic carbocycles. The molecule has 1 aliphatic rings. The average Bonchev–Trinajstić information content (AvgIpc) is 3.30. The minimum absolute atomic E-state index is 0.162. The fourth-order valence-corrected chi connectivity index (χ4v) is 4.34. The van der Waals surface area contributed by atoms with Crippen molar-refractivity contribution in [2.45, 2.75) is 26.4 Å². The number of thiazole rings is 1. The third-order valence-electron chi connectivity index (χ3n) is 4.88. The number of rotatable bonds is 6. The van der Waals surface area contributed by atoms with Crippen LogP contribution in [-0.2, 0) is 13.1 Å². The van der Waals surface area contributed by atoms with E-state index in [2.05, 4.69) is 15.3 Å². The lowest BCUT2D eigenvalue weighted by Crippen LogP contribution is -2.38. The van der Waals surface area contributed by atoms with Crippen LogP contribution in [0, 0.1) is 6.92 Å². The van der Waals surface area contributed by atoms with Gasteiger partial charge in [0.2, 0.25) is 0 Å². The number of hydrogen-bond donors (Lipinski definition) is 2. The van der Waals surface area contributed by atoms with E-state index in [1.165, 1.54) is 11.3 Å². The predicted molar refractivity (Wildman–Crippen MR) is 112 cm³/mol. The molecule has 3 aromatic rings. The minimum Gasteiger partial charge on any atom is -0.361 e. The number of nitrogens with one attached hydrogen (secondary N) is 1. The second-order valence-electron chi connectivity index (χ2n) is 6.95. The van der Waals surface area contributed by atoms with Gasteiger partial charge >= 0.3 is 0 Å². The second-order valence-corrected chi connectivity index (χ2v) is 7.93. The van der Waals surface area contributed by atoms with E-state index in [4.69, 9.17) is 0 Å². The summed E-state index contributed by atoms with van der Waals surface area (Å²) >= 11 is 1.31. The molecule has 1 aliphatic heterocycles. The smallest absolute Gasteiger partial charge is 0.263 e. The van der Waals surface area contributed by atoms with Crippen LogP contribution in [0.2, 0.25) is 0 Å². The molecular weight excluding hydrogens is 386 g/mol. The summed E-state index contributed by atoms with van der Waals surface area (Å²) in [4.78, 5) is 25.6. The Morgan fingerprint density at radius 3 is 2.76 bits per heavy atom. The Morgan fingerprint density at radius 2 is 2.00 bits per heavy atom. The molecule has 0 spiro atoms. The van der Waals surface area contributed by atoms with E-state index in [1.807, 2.05) is 59.2 Å². The lowest BCUT2D eigenvalue weighted by Gasteiger charge is -2.24. The first-order valence-corrected chi connectivity index (χ1v) is 10.3. The van der Waals surface area contributed by atoms with Gasteiger partial charge in [-0.25, -0.2) is 4.98 Å². The van der Waals surface area contributed by atoms with Gasteiger partial charge in [-0.05, 0) is 24.1 Å². The Morgan fingerprint density at radius 1 is 1.21 bits per heavy atom. The third kappa shape index (κ3) is 4.45. The second kappa shape index (κ2) is 8.69. The molecule has 4 rings (SSSR count). The van der Waals surface area contributed by atoms with E-state index in [1.54, 1.807) is 12.4 Å². The molecule has 150 valence electrons. The maximum atomic E-state index is 12.6. The molecule has 1 fully saturated rings. The number of aromatic nitrogens is 2. The summed E-state index contributed by atoms with van der Waals surface area (Å²) < 4.78 is 0. The van der Waals surface area contributed by atoms with Gasteiger partial charge in [0, 0.05) is 38.6 Å². The van der Waals surface area contributed by atoms with Gasteiger partial charge in [0.05, 0.1) is 5.69 Å². The molecule has 1 amide bonds. The highest BCUT2D eigenvalue weighted by atomic mass is 32.1. The summed E-state index contributed by atoms with van der Waals surface area (Å²) in [5.41, 5.74) is 2.76. The van der Waals surface area contributed by atoms with Crippen LogP contribution in [0.3, 0.4) is 0 Å². The summed E-state index contributed by atoms with van der Waals surface area (Å²) in [5, 5.41) is 14.3. The first kappa shape index (κ1) is 19.5. The molecule has 0 bridgehead atoms. The number of carbonyl (C=O) groups excluding carboxylic acids is 1. The SMILES string of the molecule is Cc1nc(N2CCN(Cc3ccccc3)C2O)sc1C(=O)NCc1cccnc1. The zero-order valence-electron chi connectivity index (χ0n) is 16.2. The maximum Gasteiger partial charge on any atom is 0.263 e. The highest BCUT2D eigenvalue weighted by Gasteiger charge is 2.33. The first-order valence-electron chi connectivity index (χ1n) is 9.49. The number of aryl methyl sites for hydroxylation is 1. The van der Waals surface area contributed by atoms with Crippen LogP contribution in [0.1, 0.15) is 26.5 Å². The van der Waals surface area contributed by atoms with Gasteiger partial charge in [0.15, 0.2) is 11.5 Å². The first-order chi connectivity index (χ1) is 14.1. The normalized spacial score (nSPS) is 16.9. The number of carbonyl (C=O) groups is 1. The summed E-state index contributed by atoms with van der Waals surface area (Å²) in [6.45, 7) is 4.30. The third-order valence-corrected chi connectivity index (χ3v) is 6.07. The molecule has 0 saturated carbocycles. The lowest BCUT2D eigenvalue weighted by atomic mass is 10.2. The van der Waals surface area contributed by atoms with E-state index < -0.39 is 6.35 Å². The Labute approximate surface area is 173 Å². The number of anilines is 1. The molecule has 0 radical (unpaired) electrons. The van der Waals surface area contributed by atoms with Crippen molar-refractivity contribution in [2.24, 2.45) is 0 Å². The number of nitrogens with zero attached hydrogens (tertiary/aromatic N) is 4. The molecule has 8 heteroatoms. The monoisotopic (exact) mass is 409 g/mol. The predicted octanol–water partition coefficient (Wildman–Crippen LogP) is 2.37. The maximum absolute atomic E-state index is 12.6. The van der Waals surface area contributed by atoms with Crippen LogP contribution in [0.5, 0.6) is 0 Å². The van der Waals surface area contributed by atoms with Crippen molar-refractivity contribution in [3.63, 3.8) is 0 Å². The van der Waals surface area contributed by atoms with Gasteiger partial charge in [-0.3, -0.25) is 14.7 Å². The molecule has 1 atom stereocenters. The molecule has 7 nitrogen and oxygen atoms in total. The Kier molecular flexibility index (Phi) is 5.84. The average molecular weight is 410 g/mol. The zero-order chi connectivity index (χ0) is 20.2. The number of hydrogen-bond acceptors (Lipinski definition) is 7. The van der Waals surface area contributed by atoms with Gasteiger partial charge < -0.3 is 15.3 Å². The van der Waals surface area contributed by atoms with Gasteiger partial charge in [-0.2, -0.15) is 0 Å². The van der Waals surface area contributed by atoms with Crippen LogP contribution in [0.4, 0.5) is 5.13 Å². The van der Waals surface area contributed by atoms with Crippen LogP contribution < -0.4 is 10.2 Å². The van der Waals surface area contributed by atoms with Crippen LogP contribution in [0.25, 0.3) is 0 Å². The molecule has 2 aromatic heterocycles. The largest absolute Gasteiger partial charge is 0.361 e. The quantitative estimate of drug-likeness (QED) is 0.651. The topological polar surface area (TPSA) is 81.6 Å². The summed E-state index contributed by atoms with van der Waals surface area (Å²) in [5.74, 6) is -0.162. The fourth-order valence-electron chi connectivity index (χ4n) is 3.32. The van der Waals surface area contributed by atoms with Gasteiger partial charge in [-0.15, -0.1) is 0 Å². The number of benzene rings is 1. The molecule has 2 N–H and O–H groups in total. The van der Waals surface area contributed by atoms with Crippen molar-refractivity contribution in [3.05, 3.63) is 76.6 Å². The minimum atomic E-state index is -0.757. The fraction of sp³-hybridized carbons (Fsp3) is 0.286. The number of amides is 1. The molecule has 0 aliphatic carbocycles. The highest BCUT2D eigenvalue weighted by Crippen LogP contribution is 2.30. The summed E-state index contributed by atoms with van der Waals surface area (Å²) in [6, 6.07) is 13.8. The standard InChI is InChI=1S/C21H23N5O2S/c1-15-18(19(27)23-13-17-8-5-9-22-12-17)29-20(24-15)26-11-10-25(21(26)28)14-16-6-3-2-4-7-16/h2-9,12,21,28H,10-11,13-14H2,1H3,(H,23,27). The van der Waals surface area contributed by atoms with E-state index in [0.717, 1.165) is 17.7 Å². The Balaban J connectivity index is 1.41. The van der Waals surface area contributed by atoms with Crippen LogP contribution in [0.15, 0.2) is 54.9 Å². The molecular formula is C21H23N5O2S. The summed E-state index contributed by atoms with van der Waals surface area (Å²) in [7, 11) is 0. The summed E-state index contributed by atoms with van der Waals surface area (Å²) in [6.07, 6.45) is 2.67. The molecule has 1 unspecified atom stereocenters. The Hall–Kier alpha value is -2.81. The van der Waals surface area contributed by atoms with Crippen molar-refractivity contribution in [3.8, 4) is 0 Å². The van der Waals surface area contributed by atoms with E-state index in [9.17, 15) is 9.90 Å². The van der Waals surface area contributed by atoms with Crippen molar-refractivity contribution in [1.29, 1.82) is 0 Å². The van der Waals surface area contributed by atoms with Crippen molar-refractivity contribution >= 4 is 22.4 Å². The molecule has 29 heavy (non-hydrogen) atoms. The van der Waals surface area contributed by atoms with Gasteiger partial charge in [0.1, 0.15) is 4.88 Å². The number of aliphatic hydroxyl groups is 1. The highest BCUT2D eigenvalue weighted by molar-refractivity contribution is 7.17. The van der Waals surface area contributed by atoms with Crippen molar-refractivity contribution < 1.29 is 9.90 Å². The lowest BCUT2D eigenvalue weighted by molar-refractivity contribution is 0.0343. The van der Waals surface area contributed by atoms with E-state index >= 15 is 0 Å². The molecule has 1 saturated heterocycles. The van der Waals surface area contributed by atoms with Crippen LogP contribution in [-0.4, -0.2) is 45.3 Å². The van der Waals surface area contributed by atoms with Gasteiger partial charge in [-0.1, -0.05) is 47.7 Å².